The molecule has 1 heterocycles. The number of hydrogen-bond acceptors (Lipinski definition) is 8. The van der Waals surface area contributed by atoms with Gasteiger partial charge in [-0.05, 0) is 116 Å². The topological polar surface area (TPSA) is 151 Å². The van der Waals surface area contributed by atoms with Crippen molar-refractivity contribution in [3.05, 3.63) is 115 Å². The largest absolute Gasteiger partial charge is 0.398 e. The summed E-state index contributed by atoms with van der Waals surface area (Å²) < 4.78 is 0. The van der Waals surface area contributed by atoms with E-state index in [2.05, 4.69) is 28.9 Å². The molecular weight excluding hydrogens is 679 g/mol. The van der Waals surface area contributed by atoms with Crippen LogP contribution in [-0.2, 0) is 30.6 Å². The fourth-order valence-corrected chi connectivity index (χ4v) is 7.65. The van der Waals surface area contributed by atoms with Gasteiger partial charge in [-0.2, -0.15) is 0 Å². The van der Waals surface area contributed by atoms with Crippen molar-refractivity contribution < 1.29 is 25.4 Å². The van der Waals surface area contributed by atoms with Crippen molar-refractivity contribution in [1.29, 1.82) is 0 Å². The van der Waals surface area contributed by atoms with Gasteiger partial charge in [0.15, 0.2) is 17.3 Å². The number of nitrogens with two attached hydrogens (primary N) is 1. The number of carbonyl (C=O) groups is 5. The summed E-state index contributed by atoms with van der Waals surface area (Å²) in [4.78, 5) is 59.2. The van der Waals surface area contributed by atoms with Crippen LogP contribution in [0.4, 0.5) is 22.7 Å². The van der Waals surface area contributed by atoms with Crippen molar-refractivity contribution in [2.75, 3.05) is 42.4 Å². The van der Waals surface area contributed by atoms with Crippen molar-refractivity contribution in [2.24, 2.45) is 0 Å². The Labute approximate surface area is 319 Å². The minimum absolute atomic E-state index is 0. The van der Waals surface area contributed by atoms with E-state index in [1.807, 2.05) is 83.2 Å². The highest BCUT2D eigenvalue weighted by molar-refractivity contribution is 6.08. The lowest BCUT2D eigenvalue weighted by atomic mass is 10.0. The molecule has 3 aliphatic carbocycles. The van der Waals surface area contributed by atoms with Crippen LogP contribution >= 0.6 is 0 Å². The maximum atomic E-state index is 11.7. The van der Waals surface area contributed by atoms with Crippen LogP contribution in [0.15, 0.2) is 48.5 Å². The number of benzene rings is 4. The number of amides is 2. The second-order valence-corrected chi connectivity index (χ2v) is 14.4. The number of Topliss-reactive ketones (excluding diaryl/α,β-unsaturated/α-hetero) is 3. The molecule has 5 N–H and O–H groups in total. The van der Waals surface area contributed by atoms with Crippen LogP contribution in [0.2, 0.25) is 0 Å². The highest BCUT2D eigenvalue weighted by Gasteiger charge is 2.27. The summed E-state index contributed by atoms with van der Waals surface area (Å²) in [6.45, 7) is 10.2. The number of nitrogens with one attached hydrogen (secondary N) is 3. The van der Waals surface area contributed by atoms with Crippen LogP contribution in [-0.4, -0.2) is 50.3 Å². The fourth-order valence-electron chi connectivity index (χ4n) is 7.65. The molecule has 0 aromatic heterocycles. The summed E-state index contributed by atoms with van der Waals surface area (Å²) in [6.07, 6.45) is 4.46. The van der Waals surface area contributed by atoms with Crippen molar-refractivity contribution in [3.8, 4) is 0 Å². The van der Waals surface area contributed by atoms with E-state index in [0.717, 1.165) is 69.6 Å². The van der Waals surface area contributed by atoms with Crippen LogP contribution in [0.25, 0.3) is 0 Å². The molecule has 0 saturated heterocycles. The Morgan fingerprint density at radius 2 is 1.09 bits per heavy atom. The maximum absolute atomic E-state index is 11.7. The SMILES string of the molecule is CC(=O)Nc1ccc(C)c2c1C(=O)CC2.CNc1ccc(C)c2c1C(=O)NC2.Cc1ccc(N(C)C)c2c1CCC2=O.Cc1ccc(N)c2c1CCC2=O.[HH]. The zero-order valence-corrected chi connectivity index (χ0v) is 32.6. The van der Waals surface area contributed by atoms with E-state index in [1.165, 1.54) is 29.2 Å². The van der Waals surface area contributed by atoms with Crippen LogP contribution in [0.5, 0.6) is 0 Å². The van der Waals surface area contributed by atoms with Crippen molar-refractivity contribution in [1.82, 2.24) is 5.32 Å². The molecule has 4 aromatic rings. The zero-order chi connectivity index (χ0) is 39.4. The van der Waals surface area contributed by atoms with Gasteiger partial charge in [0, 0.05) is 89.1 Å². The lowest BCUT2D eigenvalue weighted by molar-refractivity contribution is -0.114. The Kier molecular flexibility index (Phi) is 12.0. The molecule has 0 unspecified atom stereocenters. The summed E-state index contributed by atoms with van der Waals surface area (Å²) in [5.74, 6) is 0.528. The van der Waals surface area contributed by atoms with Crippen LogP contribution in [0, 0.1) is 27.7 Å². The number of aryl methyl sites for hydroxylation is 4. The Balaban J connectivity index is 0.000000163. The molecule has 0 fully saturated rings. The first-order valence-corrected chi connectivity index (χ1v) is 18.4. The Bertz CT molecular complexity index is 2190. The molecule has 4 aromatic carbocycles. The van der Waals surface area contributed by atoms with E-state index in [1.54, 1.807) is 6.07 Å². The van der Waals surface area contributed by atoms with Crippen molar-refractivity contribution in [2.45, 2.75) is 79.7 Å². The minimum atomic E-state index is -0.138. The molecule has 0 saturated carbocycles. The number of rotatable bonds is 3. The summed E-state index contributed by atoms with van der Waals surface area (Å²) in [5, 5.41) is 8.55. The van der Waals surface area contributed by atoms with Crippen LogP contribution in [0.1, 0.15) is 114 Å². The van der Waals surface area contributed by atoms with Gasteiger partial charge in [0.25, 0.3) is 5.91 Å². The highest BCUT2D eigenvalue weighted by Crippen LogP contribution is 2.34. The molecule has 54 heavy (non-hydrogen) atoms. The van der Waals surface area contributed by atoms with E-state index >= 15 is 0 Å². The number of fused-ring (bicyclic) bond motifs is 4. The highest BCUT2D eigenvalue weighted by atomic mass is 16.2. The number of ketones is 3. The summed E-state index contributed by atoms with van der Waals surface area (Å²) >= 11 is 0. The average molecular weight is 732 g/mol. The molecule has 10 nitrogen and oxygen atoms in total. The molecule has 0 spiro atoms. The molecule has 0 bridgehead atoms. The third-order valence-electron chi connectivity index (χ3n) is 10.6. The Morgan fingerprint density at radius 1 is 0.630 bits per heavy atom. The van der Waals surface area contributed by atoms with Gasteiger partial charge in [0.05, 0.1) is 11.3 Å². The normalized spacial score (nSPS) is 14.2. The van der Waals surface area contributed by atoms with E-state index in [4.69, 9.17) is 5.73 Å². The van der Waals surface area contributed by atoms with E-state index in [0.29, 0.717) is 48.5 Å². The van der Waals surface area contributed by atoms with E-state index in [9.17, 15) is 24.0 Å². The summed E-state index contributed by atoms with van der Waals surface area (Å²) in [6, 6.07) is 15.7. The maximum Gasteiger partial charge on any atom is 0.254 e. The predicted octanol–water partition coefficient (Wildman–Crippen LogP) is 7.50. The number of nitrogen functional groups attached to an aromatic ring is 1. The van der Waals surface area contributed by atoms with Crippen molar-refractivity contribution >= 4 is 51.9 Å². The first-order valence-electron chi connectivity index (χ1n) is 18.4. The van der Waals surface area contributed by atoms with Gasteiger partial charge in [-0.25, -0.2) is 0 Å². The lowest BCUT2D eigenvalue weighted by Gasteiger charge is -2.17. The Morgan fingerprint density at radius 3 is 1.63 bits per heavy atom. The number of nitrogens with zero attached hydrogens (tertiary/aromatic N) is 1. The van der Waals surface area contributed by atoms with Crippen LogP contribution < -0.4 is 26.6 Å². The van der Waals surface area contributed by atoms with Gasteiger partial charge in [-0.3, -0.25) is 24.0 Å². The van der Waals surface area contributed by atoms with Gasteiger partial charge in [-0.1, -0.05) is 24.3 Å². The predicted molar refractivity (Wildman–Crippen MR) is 219 cm³/mol. The standard InChI is InChI=1S/C12H13NO2.C12H15NO.C10H12N2O.C10H11NO.H2/c1-7-3-5-10(13-8(2)14)12-9(7)4-6-11(12)15;1-8-4-6-10(13(2)3)12-9(8)5-7-11(12)14;1-6-3-4-8(11-2)9-7(6)5-12-10(9)13;1-6-2-4-8(11)10-7(6)3-5-9(10)12;/h3,5H,4,6H2,1-2H3,(H,13,14);4,6H,5,7H2,1-3H3;3-4,11H,5H2,1-2H3,(H,12,13);2,4H,3,5,11H2,1H3;1H. The van der Waals surface area contributed by atoms with Crippen LogP contribution in [0.3, 0.4) is 0 Å². The molecule has 2 amide bonds. The van der Waals surface area contributed by atoms with Crippen molar-refractivity contribution in [3.63, 3.8) is 0 Å². The first-order chi connectivity index (χ1) is 25.6. The van der Waals surface area contributed by atoms with E-state index in [-0.39, 0.29) is 24.8 Å². The third-order valence-corrected chi connectivity index (χ3v) is 10.6. The minimum Gasteiger partial charge on any atom is -0.398 e. The van der Waals surface area contributed by atoms with Gasteiger partial charge >= 0.3 is 0 Å². The second-order valence-electron chi connectivity index (χ2n) is 14.4. The molecule has 0 radical (unpaired) electrons. The average Bonchev–Trinajstić information content (AvgIpc) is 3.93. The molecule has 0 atom stereocenters. The monoisotopic (exact) mass is 731 g/mol. The smallest absolute Gasteiger partial charge is 0.254 e. The molecular formula is C44H53N5O5. The second kappa shape index (κ2) is 16.5. The zero-order valence-electron chi connectivity index (χ0n) is 32.6. The van der Waals surface area contributed by atoms with Gasteiger partial charge in [-0.15, -0.1) is 0 Å². The third kappa shape index (κ3) is 8.07. The van der Waals surface area contributed by atoms with Gasteiger partial charge in [0.2, 0.25) is 5.91 Å². The molecule has 4 aliphatic rings. The summed E-state index contributed by atoms with van der Waals surface area (Å²) in [5.41, 5.74) is 21.6. The first kappa shape index (κ1) is 39.4. The molecule has 10 heteroatoms. The number of carbonyl (C=O) groups excluding carboxylic acids is 5. The quantitative estimate of drug-likeness (QED) is 0.158. The fraction of sp³-hybridized carbons (Fsp3) is 0.341. The molecule has 1 aliphatic heterocycles. The number of anilines is 4. The van der Waals surface area contributed by atoms with Gasteiger partial charge in [0.1, 0.15) is 0 Å². The molecule has 8 rings (SSSR count). The lowest BCUT2D eigenvalue weighted by Crippen LogP contribution is -2.13. The number of hydrogen-bond donors (Lipinski definition) is 4. The summed E-state index contributed by atoms with van der Waals surface area (Å²) in [7, 11) is 5.80. The molecule has 284 valence electrons. The Hall–Kier alpha value is -5.77. The van der Waals surface area contributed by atoms with Gasteiger partial charge < -0.3 is 26.6 Å². The van der Waals surface area contributed by atoms with E-state index < -0.39 is 0 Å².